The Bertz CT molecular complexity index is 833. The SMILES string of the molecule is C/C=C/CN1C(N/N=C(\C)c2ccc(Cl)cc2)=NC2C1C(=O)NC(=O)N2C. The summed E-state index contributed by atoms with van der Waals surface area (Å²) in [6.45, 7) is 4.23. The van der Waals surface area contributed by atoms with Gasteiger partial charge < -0.3 is 9.80 Å². The van der Waals surface area contributed by atoms with Gasteiger partial charge in [0.05, 0.1) is 5.71 Å². The zero-order valence-corrected chi connectivity index (χ0v) is 16.1. The number of urea groups is 1. The lowest BCUT2D eigenvalue weighted by Gasteiger charge is -2.35. The van der Waals surface area contributed by atoms with E-state index in [9.17, 15) is 9.59 Å². The normalized spacial score (nSPS) is 22.8. The highest BCUT2D eigenvalue weighted by Gasteiger charge is 2.48. The molecule has 0 aliphatic carbocycles. The van der Waals surface area contributed by atoms with Crippen LogP contribution in [0.15, 0.2) is 46.5 Å². The average Bonchev–Trinajstić information content (AvgIpc) is 3.02. The number of nitrogens with zero attached hydrogens (tertiary/aromatic N) is 4. The van der Waals surface area contributed by atoms with Crippen molar-refractivity contribution in [3.8, 4) is 0 Å². The maximum atomic E-state index is 12.4. The number of rotatable bonds is 4. The number of amides is 3. The molecule has 142 valence electrons. The Balaban J connectivity index is 1.85. The van der Waals surface area contributed by atoms with Gasteiger partial charge in [-0.2, -0.15) is 5.10 Å². The highest BCUT2D eigenvalue weighted by molar-refractivity contribution is 6.30. The number of hydrazone groups is 1. The Hall–Kier alpha value is -2.87. The fourth-order valence-corrected chi connectivity index (χ4v) is 3.05. The Labute approximate surface area is 162 Å². The van der Waals surface area contributed by atoms with Crippen molar-refractivity contribution in [2.24, 2.45) is 10.1 Å². The summed E-state index contributed by atoms with van der Waals surface area (Å²) in [6.07, 6.45) is 3.21. The second-order valence-corrected chi connectivity index (χ2v) is 6.69. The highest BCUT2D eigenvalue weighted by atomic mass is 35.5. The van der Waals surface area contributed by atoms with E-state index in [1.54, 1.807) is 24.1 Å². The van der Waals surface area contributed by atoms with Gasteiger partial charge in [0.25, 0.3) is 5.91 Å². The number of benzene rings is 1. The average molecular weight is 389 g/mol. The van der Waals surface area contributed by atoms with Gasteiger partial charge in [-0.15, -0.1) is 0 Å². The van der Waals surface area contributed by atoms with E-state index in [1.807, 2.05) is 38.1 Å². The van der Waals surface area contributed by atoms with Crippen molar-refractivity contribution < 1.29 is 9.59 Å². The molecule has 0 bridgehead atoms. The molecule has 3 amide bonds. The van der Waals surface area contributed by atoms with E-state index in [-0.39, 0.29) is 5.91 Å². The van der Waals surface area contributed by atoms with Gasteiger partial charge in [0.2, 0.25) is 5.96 Å². The van der Waals surface area contributed by atoms with Crippen molar-refractivity contribution in [3.05, 3.63) is 47.0 Å². The second kappa shape index (κ2) is 7.79. The van der Waals surface area contributed by atoms with Crippen molar-refractivity contribution >= 4 is 35.2 Å². The van der Waals surface area contributed by atoms with Crippen LogP contribution in [0.2, 0.25) is 5.02 Å². The van der Waals surface area contributed by atoms with E-state index in [2.05, 4.69) is 20.8 Å². The molecule has 2 unspecified atom stereocenters. The number of hydrogen-bond donors (Lipinski definition) is 2. The lowest BCUT2D eigenvalue weighted by Crippen LogP contribution is -2.64. The highest BCUT2D eigenvalue weighted by Crippen LogP contribution is 2.23. The number of halogens is 1. The fraction of sp³-hybridized carbons (Fsp3) is 0.333. The molecule has 1 aromatic rings. The fourth-order valence-electron chi connectivity index (χ4n) is 2.93. The summed E-state index contributed by atoms with van der Waals surface area (Å²) in [7, 11) is 1.61. The molecule has 0 spiro atoms. The van der Waals surface area contributed by atoms with Crippen LogP contribution in [0.4, 0.5) is 4.79 Å². The van der Waals surface area contributed by atoms with Crippen molar-refractivity contribution in [2.75, 3.05) is 13.6 Å². The van der Waals surface area contributed by atoms with Crippen molar-refractivity contribution in [1.29, 1.82) is 0 Å². The molecule has 2 N–H and O–H groups in total. The second-order valence-electron chi connectivity index (χ2n) is 6.25. The minimum absolute atomic E-state index is 0.369. The van der Waals surface area contributed by atoms with E-state index in [0.717, 1.165) is 11.3 Å². The molecule has 9 heteroatoms. The van der Waals surface area contributed by atoms with Crippen LogP contribution in [0.5, 0.6) is 0 Å². The molecular formula is C18H21ClN6O2. The summed E-state index contributed by atoms with van der Waals surface area (Å²) < 4.78 is 0. The maximum Gasteiger partial charge on any atom is 0.325 e. The molecule has 8 nitrogen and oxygen atoms in total. The standard InChI is InChI=1S/C18H21ClN6O2/c1-4-5-10-25-14-15(24(3)18(27)21-16(14)26)20-17(25)23-22-11(2)12-6-8-13(19)9-7-12/h4-9,14-15H,10H2,1-3H3,(H,20,23)(H,21,26,27)/b5-4+,22-11+. The zero-order chi connectivity index (χ0) is 19.6. The van der Waals surface area contributed by atoms with E-state index >= 15 is 0 Å². The number of carbonyl (C=O) groups excluding carboxylic acids is 2. The molecule has 1 aromatic carbocycles. The minimum Gasteiger partial charge on any atom is -0.322 e. The van der Waals surface area contributed by atoms with Gasteiger partial charge in [0, 0.05) is 18.6 Å². The van der Waals surface area contributed by atoms with Crippen molar-refractivity contribution in [2.45, 2.75) is 26.1 Å². The number of hydrogen-bond acceptors (Lipinski definition) is 6. The third-order valence-electron chi connectivity index (χ3n) is 4.48. The largest absolute Gasteiger partial charge is 0.325 e. The van der Waals surface area contributed by atoms with E-state index in [0.29, 0.717) is 17.5 Å². The smallest absolute Gasteiger partial charge is 0.322 e. The van der Waals surface area contributed by atoms with Crippen LogP contribution in [-0.4, -0.2) is 59.2 Å². The van der Waals surface area contributed by atoms with Crippen molar-refractivity contribution in [3.63, 3.8) is 0 Å². The zero-order valence-electron chi connectivity index (χ0n) is 15.3. The number of carbonyl (C=O) groups is 2. The number of fused-ring (bicyclic) bond motifs is 1. The van der Waals surface area contributed by atoms with Crippen LogP contribution in [0.3, 0.4) is 0 Å². The van der Waals surface area contributed by atoms with Gasteiger partial charge in [-0.3, -0.25) is 10.1 Å². The Morgan fingerprint density at radius 1 is 1.37 bits per heavy atom. The van der Waals surface area contributed by atoms with Gasteiger partial charge in [0.1, 0.15) is 0 Å². The molecule has 2 aliphatic heterocycles. The van der Waals surface area contributed by atoms with Gasteiger partial charge >= 0.3 is 6.03 Å². The number of likely N-dealkylation sites (N-methyl/N-ethyl adjacent to an activating group) is 1. The first-order valence-corrected chi connectivity index (χ1v) is 8.89. The molecule has 0 radical (unpaired) electrons. The Morgan fingerprint density at radius 3 is 2.74 bits per heavy atom. The molecule has 2 heterocycles. The number of allylic oxidation sites excluding steroid dienone is 1. The summed E-state index contributed by atoms with van der Waals surface area (Å²) in [4.78, 5) is 32.0. The predicted molar refractivity (Wildman–Crippen MR) is 105 cm³/mol. The first-order chi connectivity index (χ1) is 12.9. The molecule has 0 aromatic heterocycles. The lowest BCUT2D eigenvalue weighted by atomic mass is 10.1. The summed E-state index contributed by atoms with van der Waals surface area (Å²) in [6, 6.07) is 6.27. The molecule has 1 saturated heterocycles. The number of imide groups is 1. The predicted octanol–water partition coefficient (Wildman–Crippen LogP) is 1.78. The molecule has 0 saturated carbocycles. The molecule has 3 rings (SSSR count). The van der Waals surface area contributed by atoms with E-state index in [4.69, 9.17) is 11.6 Å². The van der Waals surface area contributed by atoms with E-state index < -0.39 is 18.2 Å². The topological polar surface area (TPSA) is 89.4 Å². The quantitative estimate of drug-likeness (QED) is 0.467. The van der Waals surface area contributed by atoms with Crippen LogP contribution in [0, 0.1) is 0 Å². The van der Waals surface area contributed by atoms with Gasteiger partial charge in [-0.25, -0.2) is 15.2 Å². The minimum atomic E-state index is -0.600. The third kappa shape index (κ3) is 3.80. The molecule has 27 heavy (non-hydrogen) atoms. The van der Waals surface area contributed by atoms with Crippen LogP contribution in [-0.2, 0) is 4.79 Å². The van der Waals surface area contributed by atoms with Crippen LogP contribution >= 0.6 is 11.6 Å². The van der Waals surface area contributed by atoms with Crippen LogP contribution in [0.1, 0.15) is 19.4 Å². The maximum absolute atomic E-state index is 12.4. The molecule has 1 fully saturated rings. The number of guanidine groups is 1. The van der Waals surface area contributed by atoms with Gasteiger partial charge in [-0.1, -0.05) is 35.9 Å². The Morgan fingerprint density at radius 2 is 2.07 bits per heavy atom. The Kier molecular flexibility index (Phi) is 5.46. The van der Waals surface area contributed by atoms with Gasteiger partial charge in [-0.05, 0) is 31.5 Å². The monoisotopic (exact) mass is 388 g/mol. The summed E-state index contributed by atoms with van der Waals surface area (Å²) >= 11 is 5.92. The van der Waals surface area contributed by atoms with Crippen LogP contribution < -0.4 is 10.7 Å². The molecular weight excluding hydrogens is 368 g/mol. The van der Waals surface area contributed by atoms with E-state index in [1.165, 1.54) is 4.90 Å². The third-order valence-corrected chi connectivity index (χ3v) is 4.74. The number of nitrogens with one attached hydrogen (secondary N) is 2. The molecule has 2 aliphatic rings. The first-order valence-electron chi connectivity index (χ1n) is 8.52. The molecule has 2 atom stereocenters. The van der Waals surface area contributed by atoms with Gasteiger partial charge in [0.15, 0.2) is 12.2 Å². The summed E-state index contributed by atoms with van der Waals surface area (Å²) in [5, 5.41) is 7.39. The lowest BCUT2D eigenvalue weighted by molar-refractivity contribution is -0.126. The summed E-state index contributed by atoms with van der Waals surface area (Å²) in [5.41, 5.74) is 4.59. The summed E-state index contributed by atoms with van der Waals surface area (Å²) in [5.74, 6) is 0.0691. The van der Waals surface area contributed by atoms with Crippen LogP contribution in [0.25, 0.3) is 0 Å². The van der Waals surface area contributed by atoms with Crippen molar-refractivity contribution in [1.82, 2.24) is 20.5 Å². The number of aliphatic imine (C=N–C) groups is 1. The first kappa shape index (κ1) is 18.9.